The van der Waals surface area contributed by atoms with Gasteiger partial charge >= 0.3 is 0 Å². The predicted molar refractivity (Wildman–Crippen MR) is 83.9 cm³/mol. The molecule has 0 radical (unpaired) electrons. The molecule has 2 nitrogen and oxygen atoms in total. The molecule has 0 saturated heterocycles. The Balaban J connectivity index is 1.85. The van der Waals surface area contributed by atoms with Crippen LogP contribution < -0.4 is 0 Å². The normalized spacial score (nSPS) is 12.6. The molecular formula is C17H20ClNO. The average Bonchev–Trinajstić information content (AvgIpc) is 2.42. The van der Waals surface area contributed by atoms with Gasteiger partial charge in [-0.1, -0.05) is 60.1 Å². The van der Waals surface area contributed by atoms with E-state index >= 15 is 0 Å². The third-order valence-corrected chi connectivity index (χ3v) is 3.60. The molecule has 0 aliphatic carbocycles. The number of hydrogen-bond donors (Lipinski definition) is 1. The fraction of sp³-hybridized carbons (Fsp3) is 0.294. The van der Waals surface area contributed by atoms with Gasteiger partial charge in [-0.15, -0.1) is 0 Å². The number of nitrogens with zero attached hydrogens (tertiary/aromatic N) is 1. The third kappa shape index (κ3) is 4.64. The molecule has 0 aliphatic heterocycles. The van der Waals surface area contributed by atoms with E-state index in [1.807, 2.05) is 61.6 Å². The molecule has 3 heteroatoms. The van der Waals surface area contributed by atoms with Crippen molar-refractivity contribution in [3.63, 3.8) is 0 Å². The summed E-state index contributed by atoms with van der Waals surface area (Å²) in [4.78, 5) is 2.09. The second kappa shape index (κ2) is 7.44. The van der Waals surface area contributed by atoms with Crippen LogP contribution in [0.1, 0.15) is 11.1 Å². The fourth-order valence-corrected chi connectivity index (χ4v) is 2.49. The van der Waals surface area contributed by atoms with Crippen molar-refractivity contribution >= 4 is 11.6 Å². The monoisotopic (exact) mass is 289 g/mol. The van der Waals surface area contributed by atoms with Crippen LogP contribution in [0.2, 0.25) is 5.02 Å². The molecule has 0 amide bonds. The molecule has 2 rings (SSSR count). The van der Waals surface area contributed by atoms with E-state index < -0.39 is 0 Å². The molecule has 2 aromatic carbocycles. The Kier molecular flexibility index (Phi) is 5.60. The molecular weight excluding hydrogens is 270 g/mol. The lowest BCUT2D eigenvalue weighted by molar-refractivity contribution is 0.123. The molecule has 0 aromatic heterocycles. The van der Waals surface area contributed by atoms with Crippen molar-refractivity contribution in [2.75, 3.05) is 13.6 Å². The lowest BCUT2D eigenvalue weighted by Gasteiger charge is -2.21. The van der Waals surface area contributed by atoms with Gasteiger partial charge in [0.1, 0.15) is 0 Å². The van der Waals surface area contributed by atoms with E-state index in [9.17, 15) is 5.11 Å². The first-order valence-corrected chi connectivity index (χ1v) is 7.17. The van der Waals surface area contributed by atoms with E-state index in [0.29, 0.717) is 13.0 Å². The summed E-state index contributed by atoms with van der Waals surface area (Å²) in [6.45, 7) is 1.37. The number of aliphatic hydroxyl groups excluding tert-OH is 1. The minimum absolute atomic E-state index is 0.370. The molecule has 0 heterocycles. The van der Waals surface area contributed by atoms with Crippen molar-refractivity contribution in [3.05, 3.63) is 70.7 Å². The van der Waals surface area contributed by atoms with E-state index in [1.165, 1.54) is 0 Å². The van der Waals surface area contributed by atoms with Crippen LogP contribution in [0.15, 0.2) is 54.6 Å². The smallest absolute Gasteiger partial charge is 0.0707 e. The van der Waals surface area contributed by atoms with Gasteiger partial charge in [0, 0.05) is 18.1 Å². The largest absolute Gasteiger partial charge is 0.391 e. The Hall–Kier alpha value is -1.35. The zero-order chi connectivity index (χ0) is 14.4. The molecule has 0 saturated carbocycles. The van der Waals surface area contributed by atoms with E-state index in [1.54, 1.807) is 0 Å². The number of rotatable bonds is 6. The highest BCUT2D eigenvalue weighted by Crippen LogP contribution is 2.16. The van der Waals surface area contributed by atoms with Gasteiger partial charge in [0.15, 0.2) is 0 Å². The summed E-state index contributed by atoms with van der Waals surface area (Å²) in [6, 6.07) is 17.9. The minimum Gasteiger partial charge on any atom is -0.391 e. The second-order valence-electron chi connectivity index (χ2n) is 5.13. The molecule has 0 fully saturated rings. The second-order valence-corrected chi connectivity index (χ2v) is 5.54. The number of hydrogen-bond acceptors (Lipinski definition) is 2. The Morgan fingerprint density at radius 3 is 2.40 bits per heavy atom. The van der Waals surface area contributed by atoms with Crippen LogP contribution in [0, 0.1) is 0 Å². The van der Waals surface area contributed by atoms with Crippen molar-refractivity contribution < 1.29 is 5.11 Å². The first-order chi connectivity index (χ1) is 9.65. The molecule has 0 spiro atoms. The van der Waals surface area contributed by atoms with Crippen molar-refractivity contribution in [2.24, 2.45) is 0 Å². The van der Waals surface area contributed by atoms with Crippen LogP contribution in [0.4, 0.5) is 0 Å². The molecule has 1 unspecified atom stereocenters. The van der Waals surface area contributed by atoms with Crippen LogP contribution in [-0.2, 0) is 13.0 Å². The lowest BCUT2D eigenvalue weighted by Crippen LogP contribution is -2.30. The highest BCUT2D eigenvalue weighted by molar-refractivity contribution is 6.31. The van der Waals surface area contributed by atoms with Gasteiger partial charge in [0.05, 0.1) is 6.10 Å². The van der Waals surface area contributed by atoms with E-state index in [2.05, 4.69) is 4.90 Å². The summed E-state index contributed by atoms with van der Waals surface area (Å²) in [7, 11) is 2.00. The van der Waals surface area contributed by atoms with E-state index in [4.69, 9.17) is 11.6 Å². The van der Waals surface area contributed by atoms with Crippen molar-refractivity contribution in [3.8, 4) is 0 Å². The molecule has 20 heavy (non-hydrogen) atoms. The average molecular weight is 290 g/mol. The van der Waals surface area contributed by atoms with Gasteiger partial charge in [-0.3, -0.25) is 4.90 Å². The first kappa shape index (κ1) is 15.0. The topological polar surface area (TPSA) is 23.5 Å². The maximum atomic E-state index is 10.1. The number of benzene rings is 2. The molecule has 0 bridgehead atoms. The minimum atomic E-state index is -0.370. The molecule has 1 N–H and O–H groups in total. The number of aliphatic hydroxyl groups is 1. The summed E-state index contributed by atoms with van der Waals surface area (Å²) in [5, 5.41) is 10.9. The SMILES string of the molecule is CN(Cc1ccccc1Cl)CC(O)Cc1ccccc1. The van der Waals surface area contributed by atoms with Crippen molar-refractivity contribution in [2.45, 2.75) is 19.1 Å². The third-order valence-electron chi connectivity index (χ3n) is 3.23. The quantitative estimate of drug-likeness (QED) is 0.881. The summed E-state index contributed by atoms with van der Waals surface area (Å²) in [5.41, 5.74) is 2.25. The Morgan fingerprint density at radius 2 is 1.70 bits per heavy atom. The van der Waals surface area contributed by atoms with Crippen LogP contribution in [-0.4, -0.2) is 29.7 Å². The lowest BCUT2D eigenvalue weighted by atomic mass is 10.1. The van der Waals surface area contributed by atoms with Crippen LogP contribution in [0.5, 0.6) is 0 Å². The van der Waals surface area contributed by atoms with Gasteiger partial charge in [-0.2, -0.15) is 0 Å². The van der Waals surface area contributed by atoms with Gasteiger partial charge in [0.2, 0.25) is 0 Å². The zero-order valence-corrected chi connectivity index (χ0v) is 12.4. The maximum Gasteiger partial charge on any atom is 0.0707 e. The Bertz CT molecular complexity index is 530. The summed E-state index contributed by atoms with van der Waals surface area (Å²) in [5.74, 6) is 0. The highest BCUT2D eigenvalue weighted by atomic mass is 35.5. The Morgan fingerprint density at radius 1 is 1.05 bits per heavy atom. The molecule has 106 valence electrons. The molecule has 1 atom stereocenters. The van der Waals surface area contributed by atoms with Crippen LogP contribution >= 0.6 is 11.6 Å². The summed E-state index contributed by atoms with van der Waals surface area (Å²) in [6.07, 6.45) is 0.304. The fourth-order valence-electron chi connectivity index (χ4n) is 2.29. The molecule has 2 aromatic rings. The predicted octanol–water partition coefficient (Wildman–Crippen LogP) is 3.38. The van der Waals surface area contributed by atoms with Crippen molar-refractivity contribution in [1.29, 1.82) is 0 Å². The summed E-state index contributed by atoms with van der Waals surface area (Å²) >= 11 is 6.15. The van der Waals surface area contributed by atoms with Gasteiger partial charge < -0.3 is 5.11 Å². The van der Waals surface area contributed by atoms with Gasteiger partial charge in [-0.25, -0.2) is 0 Å². The number of likely N-dealkylation sites (N-methyl/N-ethyl adjacent to an activating group) is 1. The maximum absolute atomic E-state index is 10.1. The van der Waals surface area contributed by atoms with Crippen LogP contribution in [0.3, 0.4) is 0 Å². The van der Waals surface area contributed by atoms with Gasteiger partial charge in [0.25, 0.3) is 0 Å². The van der Waals surface area contributed by atoms with Gasteiger partial charge in [-0.05, 0) is 30.7 Å². The first-order valence-electron chi connectivity index (χ1n) is 6.79. The van der Waals surface area contributed by atoms with E-state index in [-0.39, 0.29) is 6.10 Å². The Labute approximate surface area is 125 Å². The zero-order valence-electron chi connectivity index (χ0n) is 11.7. The highest BCUT2D eigenvalue weighted by Gasteiger charge is 2.10. The van der Waals surface area contributed by atoms with E-state index in [0.717, 1.165) is 22.7 Å². The van der Waals surface area contributed by atoms with Crippen LogP contribution in [0.25, 0.3) is 0 Å². The standard InChI is InChI=1S/C17H20ClNO/c1-19(12-15-9-5-6-10-17(15)18)13-16(20)11-14-7-3-2-4-8-14/h2-10,16,20H,11-13H2,1H3. The van der Waals surface area contributed by atoms with Crippen molar-refractivity contribution in [1.82, 2.24) is 4.90 Å². The number of halogens is 1. The summed E-state index contributed by atoms with van der Waals surface area (Å²) < 4.78 is 0. The molecule has 0 aliphatic rings.